The molecule has 2 N–H and O–H groups in total. The van der Waals surface area contributed by atoms with Crippen LogP contribution in [0.3, 0.4) is 0 Å². The number of hydrogen-bond acceptors (Lipinski definition) is 2. The Hall–Kier alpha value is -1.76. The molecule has 0 unspecified atom stereocenters. The molecule has 134 valence electrons. The third-order valence-corrected chi connectivity index (χ3v) is 4.23. The average Bonchev–Trinajstić information content (AvgIpc) is 2.66. The summed E-state index contributed by atoms with van der Waals surface area (Å²) in [6, 6.07) is 6.18. The number of benzene rings is 1. The maximum Gasteiger partial charge on any atom is 0.389 e. The summed E-state index contributed by atoms with van der Waals surface area (Å²) < 4.78 is 36.9. The number of nitrogens with one attached hydrogen (secondary N) is 1. The summed E-state index contributed by atoms with van der Waals surface area (Å²) >= 11 is 0. The Kier molecular flexibility index (Phi) is 5.74. The van der Waals surface area contributed by atoms with E-state index < -0.39 is 18.2 Å². The van der Waals surface area contributed by atoms with Gasteiger partial charge < -0.3 is 15.3 Å². The molecule has 1 saturated heterocycles. The molecule has 0 spiro atoms. The number of halogens is 3. The monoisotopic (exact) mass is 344 g/mol. The van der Waals surface area contributed by atoms with Crippen LogP contribution in [0.4, 0.5) is 23.7 Å². The predicted molar refractivity (Wildman–Crippen MR) is 85.9 cm³/mol. The quantitative estimate of drug-likeness (QED) is 0.872. The number of aliphatic hydroxyl groups is 1. The van der Waals surface area contributed by atoms with Gasteiger partial charge in [0, 0.05) is 25.2 Å². The third-order valence-electron chi connectivity index (χ3n) is 4.23. The fraction of sp³-hybridized carbons (Fsp3) is 0.588. The van der Waals surface area contributed by atoms with Gasteiger partial charge in [0.05, 0.1) is 5.60 Å². The molecule has 0 saturated carbocycles. The Balaban J connectivity index is 1.94. The van der Waals surface area contributed by atoms with Crippen molar-refractivity contribution in [1.29, 1.82) is 0 Å². The van der Waals surface area contributed by atoms with Crippen LogP contribution in [0.1, 0.15) is 38.2 Å². The first kappa shape index (κ1) is 18.6. The molecule has 2 amide bonds. The molecule has 1 aliphatic heterocycles. The van der Waals surface area contributed by atoms with Crippen LogP contribution in [0.5, 0.6) is 0 Å². The van der Waals surface area contributed by atoms with Crippen molar-refractivity contribution < 1.29 is 23.1 Å². The van der Waals surface area contributed by atoms with Gasteiger partial charge in [0.1, 0.15) is 0 Å². The van der Waals surface area contributed by atoms with Gasteiger partial charge in [-0.3, -0.25) is 0 Å². The molecular weight excluding hydrogens is 321 g/mol. The summed E-state index contributed by atoms with van der Waals surface area (Å²) in [6.45, 7) is 2.76. The van der Waals surface area contributed by atoms with Gasteiger partial charge in [-0.25, -0.2) is 4.79 Å². The highest BCUT2D eigenvalue weighted by molar-refractivity contribution is 5.89. The van der Waals surface area contributed by atoms with Gasteiger partial charge in [-0.05, 0) is 50.3 Å². The lowest BCUT2D eigenvalue weighted by Gasteiger charge is -2.23. The standard InChI is InChI=1S/C17H23F3N2O2/c1-16(24)7-3-10-22(11-9-16)15(23)21-14-5-2-4-13(12-14)6-8-17(18,19)20/h2,4-5,12,24H,3,6-11H2,1H3,(H,21,23)/t16-/m0/s1. The fourth-order valence-electron chi connectivity index (χ4n) is 2.76. The van der Waals surface area contributed by atoms with E-state index in [1.165, 1.54) is 0 Å². The summed E-state index contributed by atoms with van der Waals surface area (Å²) in [5.74, 6) is 0. The zero-order valence-corrected chi connectivity index (χ0v) is 13.7. The van der Waals surface area contributed by atoms with Crippen LogP contribution in [0.15, 0.2) is 24.3 Å². The van der Waals surface area contributed by atoms with E-state index in [0.717, 1.165) is 0 Å². The minimum absolute atomic E-state index is 0.111. The van der Waals surface area contributed by atoms with E-state index in [4.69, 9.17) is 0 Å². The van der Waals surface area contributed by atoms with Gasteiger partial charge in [0.15, 0.2) is 0 Å². The number of alkyl halides is 3. The first-order chi connectivity index (χ1) is 11.1. The molecule has 1 aliphatic rings. The lowest BCUT2D eigenvalue weighted by Crippen LogP contribution is -2.36. The van der Waals surface area contributed by atoms with E-state index in [2.05, 4.69) is 5.32 Å². The molecule has 1 fully saturated rings. The zero-order valence-electron chi connectivity index (χ0n) is 13.7. The highest BCUT2D eigenvalue weighted by Crippen LogP contribution is 2.24. The lowest BCUT2D eigenvalue weighted by molar-refractivity contribution is -0.134. The number of carbonyl (C=O) groups is 1. The predicted octanol–water partition coefficient (Wildman–Crippen LogP) is 3.95. The van der Waals surface area contributed by atoms with Crippen LogP contribution < -0.4 is 5.32 Å². The molecule has 0 aliphatic carbocycles. The largest absolute Gasteiger partial charge is 0.390 e. The van der Waals surface area contributed by atoms with Crippen LogP contribution in [0.25, 0.3) is 0 Å². The van der Waals surface area contributed by atoms with E-state index in [-0.39, 0.29) is 12.5 Å². The van der Waals surface area contributed by atoms with E-state index in [0.29, 0.717) is 43.6 Å². The van der Waals surface area contributed by atoms with Crippen LogP contribution in [-0.4, -0.2) is 40.9 Å². The smallest absolute Gasteiger partial charge is 0.389 e. The van der Waals surface area contributed by atoms with Crippen molar-refractivity contribution in [2.45, 2.75) is 50.8 Å². The second-order valence-electron chi connectivity index (χ2n) is 6.58. The first-order valence-electron chi connectivity index (χ1n) is 8.09. The molecular formula is C17H23F3N2O2. The molecule has 1 atom stereocenters. The maximum atomic E-state index is 12.3. The van der Waals surface area contributed by atoms with Crippen molar-refractivity contribution in [1.82, 2.24) is 4.90 Å². The van der Waals surface area contributed by atoms with Crippen molar-refractivity contribution >= 4 is 11.7 Å². The van der Waals surface area contributed by atoms with Gasteiger partial charge in [-0.15, -0.1) is 0 Å². The number of hydrogen-bond donors (Lipinski definition) is 2. The van der Waals surface area contributed by atoms with Crippen LogP contribution >= 0.6 is 0 Å². The fourth-order valence-corrected chi connectivity index (χ4v) is 2.76. The summed E-state index contributed by atoms with van der Waals surface area (Å²) in [6.07, 6.45) is -3.32. The number of nitrogens with zero attached hydrogens (tertiary/aromatic N) is 1. The van der Waals surface area contributed by atoms with Gasteiger partial charge in [0.2, 0.25) is 0 Å². The van der Waals surface area contributed by atoms with E-state index in [1.54, 1.807) is 36.1 Å². The summed E-state index contributed by atoms with van der Waals surface area (Å²) in [5, 5.41) is 12.8. The van der Waals surface area contributed by atoms with Gasteiger partial charge in [-0.2, -0.15) is 13.2 Å². The number of likely N-dealkylation sites (tertiary alicyclic amines) is 1. The lowest BCUT2D eigenvalue weighted by atomic mass is 9.98. The summed E-state index contributed by atoms with van der Waals surface area (Å²) in [5.41, 5.74) is 0.256. The summed E-state index contributed by atoms with van der Waals surface area (Å²) in [7, 11) is 0. The highest BCUT2D eigenvalue weighted by atomic mass is 19.4. The topological polar surface area (TPSA) is 52.6 Å². The molecule has 2 rings (SSSR count). The van der Waals surface area contributed by atoms with Gasteiger partial charge in [-0.1, -0.05) is 12.1 Å². The molecule has 1 aromatic carbocycles. The van der Waals surface area contributed by atoms with E-state index in [9.17, 15) is 23.1 Å². The minimum atomic E-state index is -4.19. The van der Waals surface area contributed by atoms with Crippen molar-refractivity contribution in [3.8, 4) is 0 Å². The Morgan fingerprint density at radius 3 is 2.79 bits per heavy atom. The number of amides is 2. The highest BCUT2D eigenvalue weighted by Gasteiger charge is 2.28. The normalized spacial score (nSPS) is 22.1. The molecule has 1 aromatic rings. The number of aryl methyl sites for hydroxylation is 1. The SMILES string of the molecule is C[C@]1(O)CCCN(C(=O)Nc2cccc(CCC(F)(F)F)c2)CC1. The summed E-state index contributed by atoms with van der Waals surface area (Å²) in [4.78, 5) is 13.9. The number of carbonyl (C=O) groups excluding carboxylic acids is 1. The number of anilines is 1. The molecule has 1 heterocycles. The van der Waals surface area contributed by atoms with Crippen molar-refractivity contribution in [3.63, 3.8) is 0 Å². The van der Waals surface area contributed by atoms with Crippen molar-refractivity contribution in [2.24, 2.45) is 0 Å². The molecule has 24 heavy (non-hydrogen) atoms. The molecule has 0 radical (unpaired) electrons. The van der Waals surface area contributed by atoms with Crippen molar-refractivity contribution in [3.05, 3.63) is 29.8 Å². The Morgan fingerprint density at radius 2 is 2.08 bits per heavy atom. The maximum absolute atomic E-state index is 12.3. The van der Waals surface area contributed by atoms with Crippen LogP contribution in [-0.2, 0) is 6.42 Å². The average molecular weight is 344 g/mol. The van der Waals surface area contributed by atoms with Crippen molar-refractivity contribution in [2.75, 3.05) is 18.4 Å². The Morgan fingerprint density at radius 1 is 1.33 bits per heavy atom. The van der Waals surface area contributed by atoms with Gasteiger partial charge in [0.25, 0.3) is 0 Å². The van der Waals surface area contributed by atoms with Gasteiger partial charge >= 0.3 is 12.2 Å². The Bertz CT molecular complexity index is 573. The molecule has 0 bridgehead atoms. The second kappa shape index (κ2) is 7.42. The third kappa shape index (κ3) is 6.03. The first-order valence-corrected chi connectivity index (χ1v) is 8.09. The van der Waals surface area contributed by atoms with E-state index in [1.807, 2.05) is 0 Å². The van der Waals surface area contributed by atoms with Crippen LogP contribution in [0, 0.1) is 0 Å². The second-order valence-corrected chi connectivity index (χ2v) is 6.58. The minimum Gasteiger partial charge on any atom is -0.390 e. The number of rotatable bonds is 3. The zero-order chi connectivity index (χ0) is 17.8. The Labute approximate surface area is 139 Å². The molecule has 0 aromatic heterocycles. The molecule has 7 heteroatoms. The van der Waals surface area contributed by atoms with Crippen LogP contribution in [0.2, 0.25) is 0 Å². The number of urea groups is 1. The molecule has 4 nitrogen and oxygen atoms in total. The van der Waals surface area contributed by atoms with E-state index >= 15 is 0 Å².